The molecule has 1 aromatic heterocycles. The predicted octanol–water partition coefficient (Wildman–Crippen LogP) is 3.78. The lowest BCUT2D eigenvalue weighted by Gasteiger charge is -2.36. The van der Waals surface area contributed by atoms with E-state index in [-0.39, 0.29) is 17.1 Å². The SMILES string of the molecule is CC(C)[C@H](Sc1nc(-c2ccccc2)cn1N)C(=O)N1CCCC[C@@H]1C. The molecule has 1 aliphatic heterocycles. The van der Waals surface area contributed by atoms with Crippen LogP contribution in [-0.4, -0.2) is 38.3 Å². The Bertz CT molecular complexity index is 744. The summed E-state index contributed by atoms with van der Waals surface area (Å²) in [5.41, 5.74) is 1.85. The van der Waals surface area contributed by atoms with Crippen molar-refractivity contribution >= 4 is 17.7 Å². The number of benzene rings is 1. The Morgan fingerprint density at radius 3 is 2.65 bits per heavy atom. The van der Waals surface area contributed by atoms with Crippen LogP contribution in [0.3, 0.4) is 0 Å². The van der Waals surface area contributed by atoms with Gasteiger partial charge in [0.25, 0.3) is 0 Å². The number of piperidine rings is 1. The molecule has 0 saturated carbocycles. The number of carbonyl (C=O) groups excluding carboxylic acids is 1. The molecule has 1 saturated heterocycles. The summed E-state index contributed by atoms with van der Waals surface area (Å²) in [5.74, 6) is 6.56. The summed E-state index contributed by atoms with van der Waals surface area (Å²) in [7, 11) is 0. The van der Waals surface area contributed by atoms with Crippen LogP contribution in [-0.2, 0) is 4.79 Å². The van der Waals surface area contributed by atoms with Crippen LogP contribution in [0, 0.1) is 5.92 Å². The highest BCUT2D eigenvalue weighted by molar-refractivity contribution is 8.00. The fourth-order valence-electron chi connectivity index (χ4n) is 3.39. The lowest BCUT2D eigenvalue weighted by atomic mass is 10.0. The lowest BCUT2D eigenvalue weighted by molar-refractivity contribution is -0.134. The highest BCUT2D eigenvalue weighted by Crippen LogP contribution is 2.32. The number of carbonyl (C=O) groups is 1. The van der Waals surface area contributed by atoms with E-state index in [1.807, 2.05) is 41.4 Å². The van der Waals surface area contributed by atoms with Gasteiger partial charge in [0.1, 0.15) is 0 Å². The summed E-state index contributed by atoms with van der Waals surface area (Å²) >= 11 is 1.48. The molecule has 140 valence electrons. The van der Waals surface area contributed by atoms with E-state index in [0.29, 0.717) is 11.2 Å². The average Bonchev–Trinajstić information content (AvgIpc) is 3.00. The molecule has 6 heteroatoms. The number of hydrogen-bond acceptors (Lipinski definition) is 4. The van der Waals surface area contributed by atoms with Gasteiger partial charge in [0.2, 0.25) is 5.91 Å². The van der Waals surface area contributed by atoms with Gasteiger partial charge in [0.15, 0.2) is 5.16 Å². The maximum Gasteiger partial charge on any atom is 0.236 e. The molecule has 1 amide bonds. The van der Waals surface area contributed by atoms with Crippen LogP contribution >= 0.6 is 11.8 Å². The van der Waals surface area contributed by atoms with Crippen molar-refractivity contribution in [1.29, 1.82) is 0 Å². The van der Waals surface area contributed by atoms with Crippen molar-refractivity contribution in [1.82, 2.24) is 14.6 Å². The van der Waals surface area contributed by atoms with Crippen molar-refractivity contribution in [3.05, 3.63) is 36.5 Å². The molecule has 0 bridgehead atoms. The zero-order chi connectivity index (χ0) is 18.7. The summed E-state index contributed by atoms with van der Waals surface area (Å²) < 4.78 is 1.54. The monoisotopic (exact) mass is 372 g/mol. The van der Waals surface area contributed by atoms with Gasteiger partial charge in [-0.3, -0.25) is 4.79 Å². The Balaban J connectivity index is 1.80. The molecule has 26 heavy (non-hydrogen) atoms. The average molecular weight is 373 g/mol. The van der Waals surface area contributed by atoms with E-state index in [1.165, 1.54) is 22.9 Å². The number of nitrogens with zero attached hydrogens (tertiary/aromatic N) is 3. The van der Waals surface area contributed by atoms with Crippen LogP contribution in [0.25, 0.3) is 11.3 Å². The molecule has 0 unspecified atom stereocenters. The minimum atomic E-state index is -0.177. The first-order valence-electron chi connectivity index (χ1n) is 9.34. The summed E-state index contributed by atoms with van der Waals surface area (Å²) in [4.78, 5) is 19.9. The molecule has 1 aliphatic rings. The van der Waals surface area contributed by atoms with Crippen molar-refractivity contribution in [3.63, 3.8) is 0 Å². The molecule has 3 rings (SSSR count). The fraction of sp³-hybridized carbons (Fsp3) is 0.500. The molecule has 2 N–H and O–H groups in total. The molecule has 1 aromatic carbocycles. The van der Waals surface area contributed by atoms with Crippen LogP contribution in [0.1, 0.15) is 40.0 Å². The Morgan fingerprint density at radius 2 is 2.00 bits per heavy atom. The predicted molar refractivity (Wildman–Crippen MR) is 107 cm³/mol. The first kappa shape index (κ1) is 18.8. The van der Waals surface area contributed by atoms with Crippen molar-refractivity contribution in [2.24, 2.45) is 5.92 Å². The molecule has 0 radical (unpaired) electrons. The Morgan fingerprint density at radius 1 is 1.27 bits per heavy atom. The van der Waals surface area contributed by atoms with E-state index in [2.05, 4.69) is 25.8 Å². The number of nitrogens with two attached hydrogens (primary N) is 1. The Hall–Kier alpha value is -1.95. The maximum atomic E-state index is 13.2. The largest absolute Gasteiger partial charge is 0.339 e. The Kier molecular flexibility index (Phi) is 5.91. The highest BCUT2D eigenvalue weighted by Gasteiger charge is 2.33. The molecule has 0 spiro atoms. The molecule has 2 atom stereocenters. The summed E-state index contributed by atoms with van der Waals surface area (Å²) in [6, 6.07) is 10.3. The first-order chi connectivity index (χ1) is 12.5. The maximum absolute atomic E-state index is 13.2. The van der Waals surface area contributed by atoms with E-state index < -0.39 is 0 Å². The Labute approximate surface area is 159 Å². The van der Waals surface area contributed by atoms with Crippen LogP contribution in [0.4, 0.5) is 0 Å². The van der Waals surface area contributed by atoms with Crippen molar-refractivity contribution in [2.45, 2.75) is 56.5 Å². The third kappa shape index (κ3) is 4.06. The van der Waals surface area contributed by atoms with Crippen LogP contribution < -0.4 is 5.84 Å². The van der Waals surface area contributed by atoms with Crippen molar-refractivity contribution in [3.8, 4) is 11.3 Å². The molecule has 0 aliphatic carbocycles. The number of nitrogen functional groups attached to an aromatic ring is 1. The van der Waals surface area contributed by atoms with Gasteiger partial charge in [-0.2, -0.15) is 0 Å². The van der Waals surface area contributed by atoms with Crippen LogP contribution in [0.2, 0.25) is 0 Å². The zero-order valence-electron chi connectivity index (χ0n) is 15.8. The fourth-order valence-corrected chi connectivity index (χ4v) is 4.45. The normalized spacial score (nSPS) is 18.9. The van der Waals surface area contributed by atoms with Gasteiger partial charge in [0, 0.05) is 18.2 Å². The highest BCUT2D eigenvalue weighted by atomic mass is 32.2. The number of imidazole rings is 1. The van der Waals surface area contributed by atoms with E-state index in [9.17, 15) is 4.79 Å². The zero-order valence-corrected chi connectivity index (χ0v) is 16.6. The molecule has 1 fully saturated rings. The smallest absolute Gasteiger partial charge is 0.236 e. The summed E-state index contributed by atoms with van der Waals surface area (Å²) in [6.07, 6.45) is 5.21. The van der Waals surface area contributed by atoms with Crippen molar-refractivity contribution in [2.75, 3.05) is 12.4 Å². The number of aromatic nitrogens is 2. The molecular formula is C20H28N4OS. The molecule has 2 aromatic rings. The molecule has 2 heterocycles. The number of hydrogen-bond donors (Lipinski definition) is 1. The number of amides is 1. The second-order valence-electron chi connectivity index (χ2n) is 7.34. The van der Waals surface area contributed by atoms with Gasteiger partial charge in [0.05, 0.1) is 17.1 Å². The summed E-state index contributed by atoms with van der Waals surface area (Å²) in [6.45, 7) is 7.19. The van der Waals surface area contributed by atoms with Gasteiger partial charge >= 0.3 is 0 Å². The quantitative estimate of drug-likeness (QED) is 0.641. The van der Waals surface area contributed by atoms with E-state index in [1.54, 1.807) is 0 Å². The summed E-state index contributed by atoms with van der Waals surface area (Å²) in [5, 5.41) is 0.504. The van der Waals surface area contributed by atoms with Gasteiger partial charge < -0.3 is 10.7 Å². The second kappa shape index (κ2) is 8.16. The minimum absolute atomic E-state index is 0.177. The van der Waals surface area contributed by atoms with Crippen LogP contribution in [0.5, 0.6) is 0 Å². The topological polar surface area (TPSA) is 64.2 Å². The van der Waals surface area contributed by atoms with E-state index >= 15 is 0 Å². The third-order valence-electron chi connectivity index (χ3n) is 4.94. The number of thioether (sulfide) groups is 1. The lowest BCUT2D eigenvalue weighted by Crippen LogP contribution is -2.47. The van der Waals surface area contributed by atoms with Gasteiger partial charge in [-0.05, 0) is 32.1 Å². The standard InChI is InChI=1S/C20H28N4OS/c1-14(2)18(19(25)23-12-8-7-9-15(23)3)26-20-22-17(13-24(20)21)16-10-5-4-6-11-16/h4-6,10-11,13-15,18H,7-9,12,21H2,1-3H3/t15-,18-/m0/s1. The number of rotatable bonds is 5. The van der Waals surface area contributed by atoms with Crippen LogP contribution in [0.15, 0.2) is 41.7 Å². The van der Waals surface area contributed by atoms with Gasteiger partial charge in [-0.25, -0.2) is 9.66 Å². The first-order valence-corrected chi connectivity index (χ1v) is 10.2. The van der Waals surface area contributed by atoms with E-state index in [4.69, 9.17) is 5.84 Å². The van der Waals surface area contributed by atoms with Gasteiger partial charge in [-0.1, -0.05) is 55.9 Å². The van der Waals surface area contributed by atoms with Crippen molar-refractivity contribution < 1.29 is 4.79 Å². The minimum Gasteiger partial charge on any atom is -0.339 e. The molecular weight excluding hydrogens is 344 g/mol. The number of likely N-dealkylation sites (tertiary alicyclic amines) is 1. The van der Waals surface area contributed by atoms with E-state index in [0.717, 1.165) is 30.6 Å². The second-order valence-corrected chi connectivity index (χ2v) is 8.45. The molecule has 5 nitrogen and oxygen atoms in total. The third-order valence-corrected chi connectivity index (χ3v) is 6.45. The van der Waals surface area contributed by atoms with Gasteiger partial charge in [-0.15, -0.1) is 0 Å².